The van der Waals surface area contributed by atoms with Crippen molar-refractivity contribution in [1.29, 1.82) is 0 Å². The predicted molar refractivity (Wildman–Crippen MR) is 137 cm³/mol. The van der Waals surface area contributed by atoms with Gasteiger partial charge in [-0.25, -0.2) is 0 Å². The molecule has 3 N–H and O–H groups in total. The lowest BCUT2D eigenvalue weighted by molar-refractivity contribution is -0.137. The van der Waals surface area contributed by atoms with E-state index in [0.29, 0.717) is 19.6 Å². The number of para-hydroxylation sites is 2. The lowest BCUT2D eigenvalue weighted by atomic mass is 9.77. The molecule has 3 aliphatic heterocycles. The predicted octanol–water partition coefficient (Wildman–Crippen LogP) is 3.33. The molecule has 0 aliphatic carbocycles. The molecule has 0 radical (unpaired) electrons. The van der Waals surface area contributed by atoms with Crippen molar-refractivity contribution < 1.29 is 14.3 Å². The van der Waals surface area contributed by atoms with Gasteiger partial charge in [0, 0.05) is 47.3 Å². The number of nitrogens with zero attached hydrogens (tertiary/aromatic N) is 1. The first-order valence-electron chi connectivity index (χ1n) is 12.7. The van der Waals surface area contributed by atoms with Crippen LogP contribution in [-0.2, 0) is 27.2 Å². The molecule has 2 bridgehead atoms. The smallest absolute Gasteiger partial charge is 0.230 e. The molecule has 2 aromatic heterocycles. The highest BCUT2D eigenvalue weighted by molar-refractivity contribution is 5.93. The fourth-order valence-corrected chi connectivity index (χ4v) is 6.44. The number of ether oxygens (including phenoxy) is 1. The molecule has 3 aliphatic rings. The van der Waals surface area contributed by atoms with Gasteiger partial charge < -0.3 is 24.9 Å². The molecule has 182 valence electrons. The molecule has 4 aromatic rings. The van der Waals surface area contributed by atoms with Crippen molar-refractivity contribution in [1.82, 2.24) is 20.2 Å². The zero-order valence-corrected chi connectivity index (χ0v) is 19.9. The summed E-state index contributed by atoms with van der Waals surface area (Å²) in [6.07, 6.45) is 9.16. The molecule has 4 atom stereocenters. The summed E-state index contributed by atoms with van der Waals surface area (Å²) in [6.45, 7) is 1.63. The summed E-state index contributed by atoms with van der Waals surface area (Å²) in [5.74, 6) is -1.01. The minimum absolute atomic E-state index is 0.0264. The van der Waals surface area contributed by atoms with Crippen LogP contribution in [0.3, 0.4) is 0 Å². The third kappa shape index (κ3) is 3.23. The number of nitrogens with one attached hydrogen (secondary N) is 3. The summed E-state index contributed by atoms with van der Waals surface area (Å²) in [5.41, 5.74) is 3.88. The van der Waals surface area contributed by atoms with Crippen molar-refractivity contribution in [2.75, 3.05) is 19.6 Å². The van der Waals surface area contributed by atoms with Gasteiger partial charge in [-0.15, -0.1) is 0 Å². The summed E-state index contributed by atoms with van der Waals surface area (Å²) in [6, 6.07) is 16.4. The molecule has 0 unspecified atom stereocenters. The molecule has 5 heterocycles. The zero-order valence-electron chi connectivity index (χ0n) is 19.9. The summed E-state index contributed by atoms with van der Waals surface area (Å²) < 4.78 is 6.29. The van der Waals surface area contributed by atoms with E-state index in [1.165, 1.54) is 21.9 Å². The van der Waals surface area contributed by atoms with E-state index in [2.05, 4.69) is 33.5 Å². The van der Waals surface area contributed by atoms with E-state index in [4.69, 9.17) is 4.74 Å². The topological polar surface area (TPSA) is 90.2 Å². The Morgan fingerprint density at radius 1 is 1.00 bits per heavy atom. The Morgan fingerprint density at radius 3 is 2.39 bits per heavy atom. The van der Waals surface area contributed by atoms with Crippen LogP contribution in [-0.4, -0.2) is 58.0 Å². The molecular weight excluding hydrogens is 452 g/mol. The van der Waals surface area contributed by atoms with Crippen LogP contribution in [0, 0.1) is 11.8 Å². The number of hydrogen-bond donors (Lipinski definition) is 3. The van der Waals surface area contributed by atoms with Crippen LogP contribution in [0.2, 0.25) is 0 Å². The highest BCUT2D eigenvalue weighted by atomic mass is 16.5. The largest absolute Gasteiger partial charge is 0.361 e. The number of aromatic amines is 2. The lowest BCUT2D eigenvalue weighted by Gasteiger charge is -2.23. The van der Waals surface area contributed by atoms with Gasteiger partial charge in [-0.2, -0.15) is 0 Å². The SMILES string of the molecule is O=C(NCCc1c[nH]c2ccccc12)[C@@H]1[C@@H]2C=C[C@@]3(CN(CCc4c[nH]c5ccccc45)C(=O)[C@@H]13)O2. The first-order valence-corrected chi connectivity index (χ1v) is 12.7. The van der Waals surface area contributed by atoms with E-state index in [1.807, 2.05) is 59.8 Å². The van der Waals surface area contributed by atoms with E-state index >= 15 is 0 Å². The van der Waals surface area contributed by atoms with Crippen molar-refractivity contribution >= 4 is 33.6 Å². The van der Waals surface area contributed by atoms with Crippen LogP contribution in [0.1, 0.15) is 11.1 Å². The lowest BCUT2D eigenvalue weighted by Crippen LogP contribution is -2.44. The Bertz CT molecular complexity index is 1520. The molecule has 7 heteroatoms. The second-order valence-corrected chi connectivity index (χ2v) is 10.2. The highest BCUT2D eigenvalue weighted by Gasteiger charge is 2.66. The molecule has 36 heavy (non-hydrogen) atoms. The maximum atomic E-state index is 13.5. The van der Waals surface area contributed by atoms with Crippen LogP contribution >= 0.6 is 0 Å². The van der Waals surface area contributed by atoms with Crippen LogP contribution in [0.25, 0.3) is 21.8 Å². The molecule has 2 amide bonds. The fraction of sp³-hybridized carbons (Fsp3) is 0.310. The Balaban J connectivity index is 1.03. The quantitative estimate of drug-likeness (QED) is 0.355. The summed E-state index contributed by atoms with van der Waals surface area (Å²) >= 11 is 0. The number of H-pyrrole nitrogens is 2. The normalized spacial score (nSPS) is 26.4. The number of fused-ring (bicyclic) bond motifs is 3. The number of amides is 2. The monoisotopic (exact) mass is 480 g/mol. The number of carbonyl (C=O) groups is 2. The van der Waals surface area contributed by atoms with Gasteiger partial charge in [-0.05, 0) is 36.1 Å². The molecule has 1 spiro atoms. The van der Waals surface area contributed by atoms with Crippen molar-refractivity contribution in [2.45, 2.75) is 24.5 Å². The molecule has 2 saturated heterocycles. The first-order chi connectivity index (χ1) is 17.6. The molecular formula is C29H28N4O3. The average Bonchev–Trinajstić information content (AvgIpc) is 3.70. The molecule has 7 rings (SSSR count). The van der Waals surface area contributed by atoms with Crippen molar-refractivity contribution in [3.63, 3.8) is 0 Å². The van der Waals surface area contributed by atoms with E-state index in [0.717, 1.165) is 23.9 Å². The maximum Gasteiger partial charge on any atom is 0.230 e. The summed E-state index contributed by atoms with van der Waals surface area (Å²) in [7, 11) is 0. The second kappa shape index (κ2) is 8.10. The van der Waals surface area contributed by atoms with Crippen LogP contribution < -0.4 is 5.32 Å². The number of hydrogen-bond acceptors (Lipinski definition) is 3. The highest BCUT2D eigenvalue weighted by Crippen LogP contribution is 2.51. The Hall–Kier alpha value is -3.84. The number of aromatic nitrogens is 2. The van der Waals surface area contributed by atoms with Crippen LogP contribution in [0.4, 0.5) is 0 Å². The van der Waals surface area contributed by atoms with Crippen LogP contribution in [0.5, 0.6) is 0 Å². The van der Waals surface area contributed by atoms with Gasteiger partial charge in [0.05, 0.1) is 24.5 Å². The Kier molecular flexibility index (Phi) is 4.82. The standard InChI is InChI=1S/C29H28N4O3/c34-27(30-13-10-18-15-31-22-7-3-1-5-20(18)22)25-24-9-12-29(36-24)17-33(28(35)26(25)29)14-11-19-16-32-23-8-4-2-6-21(19)23/h1-9,12,15-16,24-26,31-32H,10-11,13-14,17H2,(H,30,34)/t24-,25+,26+,29-/m0/s1. The van der Waals surface area contributed by atoms with Gasteiger partial charge in [0.1, 0.15) is 5.60 Å². The molecule has 0 saturated carbocycles. The van der Waals surface area contributed by atoms with E-state index in [9.17, 15) is 9.59 Å². The molecule has 2 aromatic carbocycles. The minimum Gasteiger partial charge on any atom is -0.361 e. The van der Waals surface area contributed by atoms with E-state index < -0.39 is 17.4 Å². The van der Waals surface area contributed by atoms with Gasteiger partial charge in [0.15, 0.2) is 0 Å². The first kappa shape index (κ1) is 21.4. The van der Waals surface area contributed by atoms with E-state index in [1.54, 1.807) is 0 Å². The molecule has 2 fully saturated rings. The minimum atomic E-state index is -0.680. The summed E-state index contributed by atoms with van der Waals surface area (Å²) in [4.78, 5) is 35.3. The van der Waals surface area contributed by atoms with Crippen molar-refractivity contribution in [3.05, 3.63) is 84.2 Å². The zero-order chi connectivity index (χ0) is 24.3. The number of carbonyl (C=O) groups excluding carboxylic acids is 2. The molecule has 7 nitrogen and oxygen atoms in total. The van der Waals surface area contributed by atoms with Gasteiger partial charge in [-0.3, -0.25) is 9.59 Å². The Morgan fingerprint density at radius 2 is 1.67 bits per heavy atom. The number of likely N-dealkylation sites (tertiary alicyclic amines) is 1. The van der Waals surface area contributed by atoms with Gasteiger partial charge in [0.25, 0.3) is 0 Å². The number of rotatable bonds is 7. The number of benzene rings is 2. The average molecular weight is 481 g/mol. The second-order valence-electron chi connectivity index (χ2n) is 10.2. The van der Waals surface area contributed by atoms with Crippen LogP contribution in [0.15, 0.2) is 73.1 Å². The van der Waals surface area contributed by atoms with E-state index in [-0.39, 0.29) is 17.9 Å². The fourth-order valence-electron chi connectivity index (χ4n) is 6.44. The Labute approximate surface area is 208 Å². The van der Waals surface area contributed by atoms with Gasteiger partial charge in [-0.1, -0.05) is 48.6 Å². The van der Waals surface area contributed by atoms with Crippen molar-refractivity contribution in [2.24, 2.45) is 11.8 Å². The third-order valence-corrected chi connectivity index (χ3v) is 8.18. The van der Waals surface area contributed by atoms with Gasteiger partial charge >= 0.3 is 0 Å². The van der Waals surface area contributed by atoms with Crippen molar-refractivity contribution in [3.8, 4) is 0 Å². The maximum absolute atomic E-state index is 13.5. The third-order valence-electron chi connectivity index (χ3n) is 8.18. The van der Waals surface area contributed by atoms with Gasteiger partial charge in [0.2, 0.25) is 11.8 Å². The summed E-state index contributed by atoms with van der Waals surface area (Å²) in [5, 5.41) is 5.45.